The molecule has 0 N–H and O–H groups in total. The normalized spacial score (nSPS) is 17.4. The van der Waals surface area contributed by atoms with Crippen molar-refractivity contribution in [2.24, 2.45) is 5.41 Å². The summed E-state index contributed by atoms with van der Waals surface area (Å²) in [4.78, 5) is 39.6. The molecule has 1 aromatic carbocycles. The number of benzene rings is 1. The van der Waals surface area contributed by atoms with E-state index in [1.165, 1.54) is 9.80 Å². The Labute approximate surface area is 153 Å². The fraction of sp³-hybridized carbons (Fsp3) is 0.526. The standard InChI is InChI=1S/C19H26N2O5/c1-5-25-16(23)12-20-15(22)11-21(17(20)19(2,3)4)18(24)26-13-14-9-7-6-8-10-14/h6-10,17H,5,11-13H2,1-4H3. The van der Waals surface area contributed by atoms with Gasteiger partial charge in [0.05, 0.1) is 6.61 Å². The van der Waals surface area contributed by atoms with Crippen LogP contribution in [-0.4, -0.2) is 53.6 Å². The van der Waals surface area contributed by atoms with Gasteiger partial charge in [0.2, 0.25) is 5.91 Å². The van der Waals surface area contributed by atoms with E-state index < -0.39 is 23.6 Å². The van der Waals surface area contributed by atoms with E-state index in [0.29, 0.717) is 0 Å². The van der Waals surface area contributed by atoms with Crippen LogP contribution in [0.25, 0.3) is 0 Å². The molecule has 1 aromatic rings. The monoisotopic (exact) mass is 362 g/mol. The third kappa shape index (κ3) is 4.74. The fourth-order valence-electron chi connectivity index (χ4n) is 3.05. The second-order valence-corrected chi connectivity index (χ2v) is 7.23. The Balaban J connectivity index is 2.12. The molecule has 1 atom stereocenters. The molecule has 1 fully saturated rings. The Morgan fingerprint density at radius 3 is 2.38 bits per heavy atom. The molecular formula is C19H26N2O5. The lowest BCUT2D eigenvalue weighted by atomic mass is 9.91. The van der Waals surface area contributed by atoms with Crippen LogP contribution < -0.4 is 0 Å². The zero-order chi connectivity index (χ0) is 19.3. The zero-order valence-electron chi connectivity index (χ0n) is 15.7. The first-order valence-electron chi connectivity index (χ1n) is 8.66. The smallest absolute Gasteiger partial charge is 0.412 e. The number of esters is 1. The number of ether oxygens (including phenoxy) is 2. The number of nitrogens with zero attached hydrogens (tertiary/aromatic N) is 2. The minimum absolute atomic E-state index is 0.116. The Morgan fingerprint density at radius 2 is 1.81 bits per heavy atom. The third-order valence-corrected chi connectivity index (χ3v) is 4.04. The van der Waals surface area contributed by atoms with E-state index >= 15 is 0 Å². The highest BCUT2D eigenvalue weighted by Gasteiger charge is 2.48. The van der Waals surface area contributed by atoms with E-state index in [1.54, 1.807) is 6.92 Å². The molecule has 1 aliphatic heterocycles. The van der Waals surface area contributed by atoms with Gasteiger partial charge in [0, 0.05) is 5.41 Å². The highest BCUT2D eigenvalue weighted by atomic mass is 16.6. The Bertz CT molecular complexity index is 654. The minimum Gasteiger partial charge on any atom is -0.465 e. The summed E-state index contributed by atoms with van der Waals surface area (Å²) in [6, 6.07) is 9.32. The van der Waals surface area contributed by atoms with Crippen LogP contribution in [0.2, 0.25) is 0 Å². The van der Waals surface area contributed by atoms with Gasteiger partial charge >= 0.3 is 12.1 Å². The van der Waals surface area contributed by atoms with Crippen molar-refractivity contribution in [2.75, 3.05) is 19.7 Å². The lowest BCUT2D eigenvalue weighted by molar-refractivity contribution is -0.149. The number of hydrogen-bond donors (Lipinski definition) is 0. The van der Waals surface area contributed by atoms with Crippen LogP contribution in [0, 0.1) is 5.41 Å². The van der Waals surface area contributed by atoms with Gasteiger partial charge in [-0.15, -0.1) is 0 Å². The molecule has 0 aliphatic carbocycles. The van der Waals surface area contributed by atoms with Crippen molar-refractivity contribution in [1.29, 1.82) is 0 Å². The first kappa shape index (κ1) is 19.8. The van der Waals surface area contributed by atoms with Crippen LogP contribution in [0.15, 0.2) is 30.3 Å². The molecule has 0 saturated carbocycles. The predicted octanol–water partition coefficient (Wildman–Crippen LogP) is 2.40. The van der Waals surface area contributed by atoms with Gasteiger partial charge in [0.1, 0.15) is 25.9 Å². The second-order valence-electron chi connectivity index (χ2n) is 7.23. The molecule has 0 spiro atoms. The molecule has 2 rings (SSSR count). The summed E-state index contributed by atoms with van der Waals surface area (Å²) in [5, 5.41) is 0. The average Bonchev–Trinajstić information content (AvgIpc) is 2.90. The first-order chi connectivity index (χ1) is 12.2. The second kappa shape index (κ2) is 8.21. The Morgan fingerprint density at radius 1 is 1.15 bits per heavy atom. The van der Waals surface area contributed by atoms with Crippen molar-refractivity contribution in [3.05, 3.63) is 35.9 Å². The maximum Gasteiger partial charge on any atom is 0.412 e. The van der Waals surface area contributed by atoms with Gasteiger partial charge in [-0.2, -0.15) is 0 Å². The van der Waals surface area contributed by atoms with Gasteiger partial charge in [0.25, 0.3) is 0 Å². The summed E-state index contributed by atoms with van der Waals surface area (Å²) in [6.45, 7) is 7.50. The predicted molar refractivity (Wildman–Crippen MR) is 94.9 cm³/mol. The molecule has 2 amide bonds. The summed E-state index contributed by atoms with van der Waals surface area (Å²) in [5.74, 6) is -0.788. The lowest BCUT2D eigenvalue weighted by Gasteiger charge is -2.38. The summed E-state index contributed by atoms with van der Waals surface area (Å²) in [6.07, 6.45) is -1.16. The molecule has 142 valence electrons. The molecule has 0 aromatic heterocycles. The van der Waals surface area contributed by atoms with Gasteiger partial charge < -0.3 is 14.4 Å². The van der Waals surface area contributed by atoms with Gasteiger partial charge in [0.15, 0.2) is 0 Å². The van der Waals surface area contributed by atoms with Crippen LogP contribution in [0.3, 0.4) is 0 Å². The highest BCUT2D eigenvalue weighted by Crippen LogP contribution is 2.32. The van der Waals surface area contributed by atoms with Crippen LogP contribution in [0.1, 0.15) is 33.3 Å². The summed E-state index contributed by atoms with van der Waals surface area (Å²) in [7, 11) is 0. The number of rotatable bonds is 5. The molecule has 7 heteroatoms. The minimum atomic E-state index is -0.581. The number of carbonyl (C=O) groups excluding carboxylic acids is 3. The largest absolute Gasteiger partial charge is 0.465 e. The molecule has 1 saturated heterocycles. The van der Waals surface area contributed by atoms with Crippen molar-refractivity contribution in [1.82, 2.24) is 9.80 Å². The zero-order valence-corrected chi connectivity index (χ0v) is 15.7. The topological polar surface area (TPSA) is 76.2 Å². The number of hydrogen-bond acceptors (Lipinski definition) is 5. The lowest BCUT2D eigenvalue weighted by Crippen LogP contribution is -2.52. The summed E-state index contributed by atoms with van der Waals surface area (Å²) in [5.41, 5.74) is 0.409. The van der Waals surface area contributed by atoms with Crippen molar-refractivity contribution in [2.45, 2.75) is 40.5 Å². The molecule has 1 heterocycles. The van der Waals surface area contributed by atoms with E-state index in [2.05, 4.69) is 0 Å². The summed E-state index contributed by atoms with van der Waals surface area (Å²) >= 11 is 0. The molecular weight excluding hydrogens is 336 g/mol. The van der Waals surface area contributed by atoms with E-state index in [0.717, 1.165) is 5.56 Å². The van der Waals surface area contributed by atoms with E-state index in [4.69, 9.17) is 9.47 Å². The molecule has 7 nitrogen and oxygen atoms in total. The van der Waals surface area contributed by atoms with Crippen LogP contribution in [0.5, 0.6) is 0 Å². The van der Waals surface area contributed by atoms with Gasteiger partial charge in [-0.1, -0.05) is 51.1 Å². The highest BCUT2D eigenvalue weighted by molar-refractivity contribution is 5.89. The van der Waals surface area contributed by atoms with E-state index in [1.807, 2.05) is 51.1 Å². The van der Waals surface area contributed by atoms with E-state index in [-0.39, 0.29) is 32.2 Å². The molecule has 26 heavy (non-hydrogen) atoms. The fourth-order valence-corrected chi connectivity index (χ4v) is 3.05. The summed E-state index contributed by atoms with van der Waals surface area (Å²) < 4.78 is 10.3. The SMILES string of the molecule is CCOC(=O)CN1C(=O)CN(C(=O)OCc2ccccc2)C1C(C)(C)C. The third-order valence-electron chi connectivity index (χ3n) is 4.04. The average molecular weight is 362 g/mol. The Hall–Kier alpha value is -2.57. The molecule has 1 aliphatic rings. The van der Waals surface area contributed by atoms with Crippen LogP contribution >= 0.6 is 0 Å². The maximum atomic E-state index is 12.6. The molecule has 0 radical (unpaired) electrons. The van der Waals surface area contributed by atoms with Crippen LogP contribution in [0.4, 0.5) is 4.79 Å². The maximum absolute atomic E-state index is 12.6. The van der Waals surface area contributed by atoms with Gasteiger partial charge in [-0.05, 0) is 12.5 Å². The van der Waals surface area contributed by atoms with Crippen molar-refractivity contribution >= 4 is 18.0 Å². The van der Waals surface area contributed by atoms with Crippen molar-refractivity contribution < 1.29 is 23.9 Å². The quantitative estimate of drug-likeness (QED) is 0.752. The van der Waals surface area contributed by atoms with Crippen LogP contribution in [-0.2, 0) is 25.7 Å². The molecule has 1 unspecified atom stereocenters. The Kier molecular flexibility index (Phi) is 6.23. The number of amides is 2. The van der Waals surface area contributed by atoms with Crippen molar-refractivity contribution in [3.8, 4) is 0 Å². The number of carbonyl (C=O) groups is 3. The van der Waals surface area contributed by atoms with Gasteiger partial charge in [-0.3, -0.25) is 14.5 Å². The van der Waals surface area contributed by atoms with Crippen molar-refractivity contribution in [3.63, 3.8) is 0 Å². The van der Waals surface area contributed by atoms with Gasteiger partial charge in [-0.25, -0.2) is 4.79 Å². The first-order valence-corrected chi connectivity index (χ1v) is 8.66. The van der Waals surface area contributed by atoms with E-state index in [9.17, 15) is 14.4 Å². The molecule has 0 bridgehead atoms.